The molecule has 1 saturated heterocycles. The van der Waals surface area contributed by atoms with E-state index in [9.17, 15) is 9.90 Å². The average Bonchev–Trinajstić information content (AvgIpc) is 2.42. The van der Waals surface area contributed by atoms with Gasteiger partial charge in [-0.3, -0.25) is 9.78 Å². The number of carbonyl (C=O) groups excluding carboxylic acids is 1. The first-order valence-electron chi connectivity index (χ1n) is 7.22. The maximum Gasteiger partial charge on any atom is 0.255 e. The number of amides is 1. The van der Waals surface area contributed by atoms with E-state index in [2.05, 4.69) is 4.98 Å². The number of rotatable bonds is 3. The molecule has 0 bridgehead atoms. The minimum Gasteiger partial charge on any atom is -0.387 e. The number of methoxy groups -OCH3 is 1. The van der Waals surface area contributed by atoms with E-state index in [1.165, 1.54) is 0 Å². The Balaban J connectivity index is 2.18. The largest absolute Gasteiger partial charge is 0.387 e. The lowest BCUT2D eigenvalue weighted by Crippen LogP contribution is -2.60. The van der Waals surface area contributed by atoms with E-state index in [1.807, 2.05) is 26.8 Å². The van der Waals surface area contributed by atoms with Crippen LogP contribution in [-0.2, 0) is 4.74 Å². The lowest BCUT2D eigenvalue weighted by molar-refractivity contribution is -0.144. The second-order valence-electron chi connectivity index (χ2n) is 6.52. The summed E-state index contributed by atoms with van der Waals surface area (Å²) >= 11 is 0. The van der Waals surface area contributed by atoms with Gasteiger partial charge in [0.1, 0.15) is 0 Å². The average molecular weight is 292 g/mol. The summed E-state index contributed by atoms with van der Waals surface area (Å²) in [5.41, 5.74) is 0.228. The zero-order valence-electron chi connectivity index (χ0n) is 13.2. The number of aliphatic hydroxyl groups is 1. The summed E-state index contributed by atoms with van der Waals surface area (Å²) in [5.74, 6) is -0.0202. The van der Waals surface area contributed by atoms with Crippen LogP contribution < -0.4 is 0 Å². The van der Waals surface area contributed by atoms with Gasteiger partial charge in [-0.25, -0.2) is 0 Å². The predicted octanol–water partition coefficient (Wildman–Crippen LogP) is 1.64. The molecule has 1 N–H and O–H groups in total. The van der Waals surface area contributed by atoms with Gasteiger partial charge in [0.25, 0.3) is 5.91 Å². The smallest absolute Gasteiger partial charge is 0.255 e. The van der Waals surface area contributed by atoms with Gasteiger partial charge in [0.2, 0.25) is 0 Å². The molecule has 0 aliphatic carbocycles. The fourth-order valence-corrected chi connectivity index (χ4v) is 2.90. The maximum atomic E-state index is 12.7. The van der Waals surface area contributed by atoms with Crippen molar-refractivity contribution in [3.63, 3.8) is 0 Å². The number of ether oxygens (including phenoxy) is 1. The summed E-state index contributed by atoms with van der Waals surface area (Å²) in [6.45, 7) is 7.17. The molecular weight excluding hydrogens is 268 g/mol. The van der Waals surface area contributed by atoms with Crippen molar-refractivity contribution in [3.05, 3.63) is 29.6 Å². The molecule has 21 heavy (non-hydrogen) atoms. The molecule has 0 saturated carbocycles. The third-order valence-corrected chi connectivity index (χ3v) is 4.58. The van der Waals surface area contributed by atoms with Gasteiger partial charge in [-0.05, 0) is 25.0 Å². The number of aromatic nitrogens is 1. The highest BCUT2D eigenvalue weighted by molar-refractivity contribution is 5.95. The quantitative estimate of drug-likeness (QED) is 0.920. The lowest BCUT2D eigenvalue weighted by atomic mass is 9.70. The van der Waals surface area contributed by atoms with Gasteiger partial charge < -0.3 is 14.7 Å². The first-order chi connectivity index (χ1) is 9.81. The standard InChI is InChI=1S/C16H24N2O3/c1-12-5-7-17-9-13(12)14(19)18-8-6-16(20,11-21-4)15(2,3)10-18/h5,7,9,20H,6,8,10-11H2,1-4H3/t16-/m1/s1. The Bertz CT molecular complexity index is 530. The second-order valence-corrected chi connectivity index (χ2v) is 6.52. The molecule has 5 heteroatoms. The van der Waals surface area contributed by atoms with Crippen LogP contribution in [0.1, 0.15) is 36.2 Å². The molecule has 0 aromatic carbocycles. The Labute approximate surface area is 125 Å². The fraction of sp³-hybridized carbons (Fsp3) is 0.625. The van der Waals surface area contributed by atoms with Gasteiger partial charge in [-0.2, -0.15) is 0 Å². The third-order valence-electron chi connectivity index (χ3n) is 4.58. The van der Waals surface area contributed by atoms with E-state index in [0.717, 1.165) is 5.56 Å². The van der Waals surface area contributed by atoms with Gasteiger partial charge in [-0.1, -0.05) is 13.8 Å². The van der Waals surface area contributed by atoms with Crippen molar-refractivity contribution in [2.45, 2.75) is 32.8 Å². The SMILES string of the molecule is COC[C@]1(O)CCN(C(=O)c2cnccc2C)CC1(C)C. The van der Waals surface area contributed by atoms with E-state index in [0.29, 0.717) is 25.1 Å². The molecule has 2 rings (SSSR count). The first kappa shape index (κ1) is 15.9. The van der Waals surface area contributed by atoms with Crippen LogP contribution in [-0.4, -0.2) is 53.3 Å². The molecule has 0 radical (unpaired) electrons. The lowest BCUT2D eigenvalue weighted by Gasteiger charge is -2.50. The summed E-state index contributed by atoms with van der Waals surface area (Å²) < 4.78 is 5.16. The van der Waals surface area contributed by atoms with Gasteiger partial charge >= 0.3 is 0 Å². The van der Waals surface area contributed by atoms with Crippen LogP contribution in [0.15, 0.2) is 18.5 Å². The number of piperidine rings is 1. The van der Waals surface area contributed by atoms with Crippen molar-refractivity contribution in [1.82, 2.24) is 9.88 Å². The highest BCUT2D eigenvalue weighted by atomic mass is 16.5. The summed E-state index contributed by atoms with van der Waals surface area (Å²) in [7, 11) is 1.59. The van der Waals surface area contributed by atoms with Crippen LogP contribution in [0, 0.1) is 12.3 Å². The normalized spacial score (nSPS) is 24.9. The molecular formula is C16H24N2O3. The van der Waals surface area contributed by atoms with Crippen molar-refractivity contribution in [1.29, 1.82) is 0 Å². The van der Waals surface area contributed by atoms with Crippen molar-refractivity contribution >= 4 is 5.91 Å². The van der Waals surface area contributed by atoms with E-state index in [-0.39, 0.29) is 12.5 Å². The Morgan fingerprint density at radius 2 is 2.24 bits per heavy atom. The van der Waals surface area contributed by atoms with Gasteiger partial charge in [0, 0.05) is 38.0 Å². The highest BCUT2D eigenvalue weighted by Gasteiger charge is 2.48. The van der Waals surface area contributed by atoms with Crippen LogP contribution in [0.2, 0.25) is 0 Å². The summed E-state index contributed by atoms with van der Waals surface area (Å²) in [5, 5.41) is 10.7. The van der Waals surface area contributed by atoms with E-state index >= 15 is 0 Å². The molecule has 0 unspecified atom stereocenters. The molecule has 1 aromatic heterocycles. The van der Waals surface area contributed by atoms with Crippen LogP contribution in [0.3, 0.4) is 0 Å². The molecule has 1 aliphatic heterocycles. The van der Waals surface area contributed by atoms with E-state index in [1.54, 1.807) is 24.4 Å². The molecule has 116 valence electrons. The van der Waals surface area contributed by atoms with Crippen molar-refractivity contribution in [2.24, 2.45) is 5.41 Å². The molecule has 1 aliphatic rings. The topological polar surface area (TPSA) is 62.7 Å². The number of nitrogens with zero attached hydrogens (tertiary/aromatic N) is 2. The van der Waals surface area contributed by atoms with Crippen molar-refractivity contribution < 1.29 is 14.6 Å². The third kappa shape index (κ3) is 2.94. The molecule has 1 atom stereocenters. The van der Waals surface area contributed by atoms with Crippen LogP contribution in [0.5, 0.6) is 0 Å². The van der Waals surface area contributed by atoms with Gasteiger partial charge in [0.15, 0.2) is 0 Å². The molecule has 5 nitrogen and oxygen atoms in total. The number of carbonyl (C=O) groups is 1. The zero-order chi connectivity index (χ0) is 15.7. The molecule has 0 spiro atoms. The number of hydrogen-bond acceptors (Lipinski definition) is 4. The summed E-state index contributed by atoms with van der Waals surface area (Å²) in [6, 6.07) is 1.84. The number of likely N-dealkylation sites (tertiary alicyclic amines) is 1. The predicted molar refractivity (Wildman–Crippen MR) is 80.1 cm³/mol. The fourth-order valence-electron chi connectivity index (χ4n) is 2.90. The van der Waals surface area contributed by atoms with Crippen molar-refractivity contribution in [3.8, 4) is 0 Å². The molecule has 2 heterocycles. The minimum atomic E-state index is -0.900. The Kier molecular flexibility index (Phi) is 4.35. The van der Waals surface area contributed by atoms with Gasteiger partial charge in [0.05, 0.1) is 17.8 Å². The molecule has 1 aromatic rings. The maximum absolute atomic E-state index is 12.7. The highest BCUT2D eigenvalue weighted by Crippen LogP contribution is 2.39. The second kappa shape index (κ2) is 5.73. The van der Waals surface area contributed by atoms with Crippen molar-refractivity contribution in [2.75, 3.05) is 26.8 Å². The minimum absolute atomic E-state index is 0.0202. The number of pyridine rings is 1. The van der Waals surface area contributed by atoms with E-state index in [4.69, 9.17) is 4.74 Å². The Morgan fingerprint density at radius 1 is 1.52 bits per heavy atom. The molecule has 1 amide bonds. The summed E-state index contributed by atoms with van der Waals surface area (Å²) in [4.78, 5) is 18.5. The van der Waals surface area contributed by atoms with Crippen LogP contribution in [0.4, 0.5) is 0 Å². The monoisotopic (exact) mass is 292 g/mol. The zero-order valence-corrected chi connectivity index (χ0v) is 13.2. The number of hydrogen-bond donors (Lipinski definition) is 1. The number of aryl methyl sites for hydroxylation is 1. The van der Waals surface area contributed by atoms with Gasteiger partial charge in [-0.15, -0.1) is 0 Å². The summed E-state index contributed by atoms with van der Waals surface area (Å²) in [6.07, 6.45) is 3.81. The Hall–Kier alpha value is -1.46. The Morgan fingerprint density at radius 3 is 2.81 bits per heavy atom. The first-order valence-corrected chi connectivity index (χ1v) is 7.22. The van der Waals surface area contributed by atoms with E-state index < -0.39 is 11.0 Å². The van der Waals surface area contributed by atoms with Crippen LogP contribution >= 0.6 is 0 Å². The van der Waals surface area contributed by atoms with Crippen LogP contribution in [0.25, 0.3) is 0 Å². The molecule has 1 fully saturated rings.